The molecular weight excluding hydrogens is 268 g/mol. The number of carbonyl (C=O) groups is 1. The number of rotatable bonds is 4. The Kier molecular flexibility index (Phi) is 4.42. The minimum Gasteiger partial charge on any atom is -0.481 e. The van der Waals surface area contributed by atoms with Crippen LogP contribution in [0, 0.1) is 13.8 Å². The summed E-state index contributed by atoms with van der Waals surface area (Å²) in [6.45, 7) is 3.92. The SMILES string of the molecule is COc1ccc(C(=O)Nc2cc(C)ccc2C)c(OC)n1. The summed E-state index contributed by atoms with van der Waals surface area (Å²) in [5, 5.41) is 2.88. The molecule has 0 aliphatic carbocycles. The Morgan fingerprint density at radius 2 is 1.86 bits per heavy atom. The van der Waals surface area contributed by atoms with Gasteiger partial charge in [-0.3, -0.25) is 4.79 Å². The maximum Gasteiger partial charge on any atom is 0.261 e. The number of pyridine rings is 1. The third-order valence-corrected chi connectivity index (χ3v) is 3.12. The van der Waals surface area contributed by atoms with Gasteiger partial charge in [-0.2, -0.15) is 4.98 Å². The second-order valence-electron chi connectivity index (χ2n) is 4.68. The number of aromatic nitrogens is 1. The van der Waals surface area contributed by atoms with E-state index in [0.29, 0.717) is 11.4 Å². The van der Waals surface area contributed by atoms with Crippen LogP contribution < -0.4 is 14.8 Å². The van der Waals surface area contributed by atoms with Gasteiger partial charge in [-0.15, -0.1) is 0 Å². The Labute approximate surface area is 123 Å². The zero-order valence-electron chi connectivity index (χ0n) is 12.6. The normalized spacial score (nSPS) is 10.1. The van der Waals surface area contributed by atoms with Crippen molar-refractivity contribution in [3.05, 3.63) is 47.0 Å². The third-order valence-electron chi connectivity index (χ3n) is 3.12. The standard InChI is InChI=1S/C16H18N2O3/c1-10-5-6-11(2)13(9-10)17-15(19)12-7-8-14(20-3)18-16(12)21-4/h5-9H,1-4H3,(H,17,19). The van der Waals surface area contributed by atoms with E-state index in [1.807, 2.05) is 32.0 Å². The molecule has 1 aromatic carbocycles. The molecule has 0 atom stereocenters. The number of amides is 1. The number of nitrogens with zero attached hydrogens (tertiary/aromatic N) is 1. The van der Waals surface area contributed by atoms with Crippen molar-refractivity contribution < 1.29 is 14.3 Å². The maximum atomic E-state index is 12.4. The first-order valence-corrected chi connectivity index (χ1v) is 6.52. The van der Waals surface area contributed by atoms with Gasteiger partial charge >= 0.3 is 0 Å². The predicted octanol–water partition coefficient (Wildman–Crippen LogP) is 2.97. The molecule has 2 aromatic rings. The molecule has 1 heterocycles. The van der Waals surface area contributed by atoms with E-state index >= 15 is 0 Å². The molecule has 0 radical (unpaired) electrons. The van der Waals surface area contributed by atoms with Crippen molar-refractivity contribution >= 4 is 11.6 Å². The highest BCUT2D eigenvalue weighted by Gasteiger charge is 2.15. The molecule has 0 fully saturated rings. The zero-order chi connectivity index (χ0) is 15.4. The van der Waals surface area contributed by atoms with Gasteiger partial charge in [0.1, 0.15) is 5.56 Å². The molecule has 0 saturated carbocycles. The van der Waals surface area contributed by atoms with E-state index in [1.54, 1.807) is 12.1 Å². The van der Waals surface area contributed by atoms with E-state index in [4.69, 9.17) is 9.47 Å². The summed E-state index contributed by atoms with van der Waals surface area (Å²) in [5.74, 6) is 0.364. The fourth-order valence-corrected chi connectivity index (χ4v) is 1.93. The van der Waals surface area contributed by atoms with Gasteiger partial charge < -0.3 is 14.8 Å². The monoisotopic (exact) mass is 286 g/mol. The Hall–Kier alpha value is -2.56. The summed E-state index contributed by atoms with van der Waals surface area (Å²) >= 11 is 0. The van der Waals surface area contributed by atoms with Crippen LogP contribution in [-0.4, -0.2) is 25.1 Å². The number of methoxy groups -OCH3 is 2. The number of carbonyl (C=O) groups excluding carboxylic acids is 1. The molecule has 5 nitrogen and oxygen atoms in total. The van der Waals surface area contributed by atoms with Gasteiger partial charge in [-0.05, 0) is 37.1 Å². The molecule has 0 saturated heterocycles. The average molecular weight is 286 g/mol. The molecule has 2 rings (SSSR count). The molecule has 5 heteroatoms. The Morgan fingerprint density at radius 3 is 2.52 bits per heavy atom. The smallest absolute Gasteiger partial charge is 0.261 e. The van der Waals surface area contributed by atoms with Crippen molar-refractivity contribution in [1.82, 2.24) is 4.98 Å². The number of nitrogens with one attached hydrogen (secondary N) is 1. The van der Waals surface area contributed by atoms with Gasteiger partial charge in [0.05, 0.1) is 14.2 Å². The van der Waals surface area contributed by atoms with E-state index in [0.717, 1.165) is 16.8 Å². The molecule has 110 valence electrons. The summed E-state index contributed by atoms with van der Waals surface area (Å²) in [4.78, 5) is 16.5. The van der Waals surface area contributed by atoms with E-state index in [1.165, 1.54) is 14.2 Å². The van der Waals surface area contributed by atoms with Crippen LogP contribution in [0.5, 0.6) is 11.8 Å². The molecule has 0 aliphatic heterocycles. The summed E-state index contributed by atoms with van der Waals surface area (Å²) in [5.41, 5.74) is 3.21. The highest BCUT2D eigenvalue weighted by molar-refractivity contribution is 6.06. The van der Waals surface area contributed by atoms with Crippen molar-refractivity contribution in [2.45, 2.75) is 13.8 Å². The lowest BCUT2D eigenvalue weighted by Gasteiger charge is -2.11. The first-order chi connectivity index (χ1) is 10.0. The zero-order valence-corrected chi connectivity index (χ0v) is 12.6. The van der Waals surface area contributed by atoms with Crippen LogP contribution in [-0.2, 0) is 0 Å². The highest BCUT2D eigenvalue weighted by atomic mass is 16.5. The van der Waals surface area contributed by atoms with Gasteiger partial charge in [0.2, 0.25) is 11.8 Å². The van der Waals surface area contributed by atoms with Crippen LogP contribution in [0.4, 0.5) is 5.69 Å². The van der Waals surface area contributed by atoms with Crippen molar-refractivity contribution in [3.63, 3.8) is 0 Å². The molecule has 0 spiro atoms. The van der Waals surface area contributed by atoms with Crippen molar-refractivity contribution in [2.75, 3.05) is 19.5 Å². The fraction of sp³-hybridized carbons (Fsp3) is 0.250. The first kappa shape index (κ1) is 14.8. The van der Waals surface area contributed by atoms with Crippen LogP contribution in [0.1, 0.15) is 21.5 Å². The number of ether oxygens (including phenoxy) is 2. The van der Waals surface area contributed by atoms with Crippen LogP contribution in [0.15, 0.2) is 30.3 Å². The molecule has 1 N–H and O–H groups in total. The summed E-state index contributed by atoms with van der Waals surface area (Å²) in [6.07, 6.45) is 0. The summed E-state index contributed by atoms with van der Waals surface area (Å²) < 4.78 is 10.2. The van der Waals surface area contributed by atoms with Crippen LogP contribution >= 0.6 is 0 Å². The minimum absolute atomic E-state index is 0.233. The Bertz CT molecular complexity index is 669. The highest BCUT2D eigenvalue weighted by Crippen LogP contribution is 2.22. The quantitative estimate of drug-likeness (QED) is 0.938. The minimum atomic E-state index is -0.268. The van der Waals surface area contributed by atoms with E-state index in [9.17, 15) is 4.79 Å². The lowest BCUT2D eigenvalue weighted by molar-refractivity contribution is 0.102. The summed E-state index contributed by atoms with van der Waals surface area (Å²) in [7, 11) is 2.98. The van der Waals surface area contributed by atoms with Gasteiger partial charge in [0.15, 0.2) is 0 Å². The largest absolute Gasteiger partial charge is 0.481 e. The second kappa shape index (κ2) is 6.26. The maximum absolute atomic E-state index is 12.4. The van der Waals surface area contributed by atoms with Gasteiger partial charge in [0, 0.05) is 11.8 Å². The topological polar surface area (TPSA) is 60.5 Å². The predicted molar refractivity (Wildman–Crippen MR) is 81.2 cm³/mol. The first-order valence-electron chi connectivity index (χ1n) is 6.52. The van der Waals surface area contributed by atoms with Gasteiger partial charge in [-0.25, -0.2) is 0 Å². The van der Waals surface area contributed by atoms with Gasteiger partial charge in [-0.1, -0.05) is 12.1 Å². The third kappa shape index (κ3) is 3.31. The number of benzene rings is 1. The number of hydrogen-bond donors (Lipinski definition) is 1. The lowest BCUT2D eigenvalue weighted by Crippen LogP contribution is -2.15. The fourth-order valence-electron chi connectivity index (χ4n) is 1.93. The van der Waals surface area contributed by atoms with Crippen molar-refractivity contribution in [3.8, 4) is 11.8 Å². The molecule has 0 aliphatic rings. The van der Waals surface area contributed by atoms with Crippen molar-refractivity contribution in [1.29, 1.82) is 0 Å². The van der Waals surface area contributed by atoms with E-state index < -0.39 is 0 Å². The van der Waals surface area contributed by atoms with E-state index in [-0.39, 0.29) is 11.8 Å². The van der Waals surface area contributed by atoms with Crippen LogP contribution in [0.25, 0.3) is 0 Å². The number of anilines is 1. The number of aryl methyl sites for hydroxylation is 2. The number of hydrogen-bond acceptors (Lipinski definition) is 4. The molecule has 21 heavy (non-hydrogen) atoms. The molecular formula is C16H18N2O3. The molecule has 0 bridgehead atoms. The average Bonchev–Trinajstić information content (AvgIpc) is 2.50. The Balaban J connectivity index is 2.30. The second-order valence-corrected chi connectivity index (χ2v) is 4.68. The van der Waals surface area contributed by atoms with Crippen molar-refractivity contribution in [2.24, 2.45) is 0 Å². The lowest BCUT2D eigenvalue weighted by atomic mass is 10.1. The Morgan fingerprint density at radius 1 is 1.10 bits per heavy atom. The molecule has 1 aromatic heterocycles. The molecule has 0 unspecified atom stereocenters. The summed E-state index contributed by atoms with van der Waals surface area (Å²) in [6, 6.07) is 9.15. The van der Waals surface area contributed by atoms with E-state index in [2.05, 4.69) is 10.3 Å². The van der Waals surface area contributed by atoms with Crippen LogP contribution in [0.2, 0.25) is 0 Å². The van der Waals surface area contributed by atoms with Crippen LogP contribution in [0.3, 0.4) is 0 Å². The molecule has 1 amide bonds. The van der Waals surface area contributed by atoms with Gasteiger partial charge in [0.25, 0.3) is 5.91 Å².